The molecule has 1 aromatic carbocycles. The average molecular weight is 194 g/mol. The van der Waals surface area contributed by atoms with Crippen LogP contribution in [0.4, 0.5) is 0 Å². The molecule has 0 radical (unpaired) electrons. The van der Waals surface area contributed by atoms with Crippen molar-refractivity contribution in [3.05, 3.63) is 45.5 Å². The highest BCUT2D eigenvalue weighted by Crippen LogP contribution is 2.04. The lowest BCUT2D eigenvalue weighted by Crippen LogP contribution is -2.15. The van der Waals surface area contributed by atoms with E-state index in [9.17, 15) is 10.1 Å². The molecule has 0 saturated carbocycles. The smallest absolute Gasteiger partial charge is 0.249 e. The lowest BCUT2D eigenvalue weighted by molar-refractivity contribution is -0.463. The van der Waals surface area contributed by atoms with Crippen LogP contribution in [0.2, 0.25) is 0 Å². The summed E-state index contributed by atoms with van der Waals surface area (Å²) in [5.41, 5.74) is 1.68. The Hall–Kier alpha value is -1.91. The van der Waals surface area contributed by atoms with Crippen LogP contribution in [0.25, 0.3) is 0 Å². The van der Waals surface area contributed by atoms with Gasteiger partial charge in [-0.2, -0.15) is 0 Å². The Morgan fingerprint density at radius 2 is 2.07 bits per heavy atom. The minimum absolute atomic E-state index is 0.0648. The van der Waals surface area contributed by atoms with E-state index in [1.165, 1.54) is 0 Å². The first-order valence-corrected chi connectivity index (χ1v) is 4.03. The Balaban J connectivity index is 2.91. The van der Waals surface area contributed by atoms with Crippen molar-refractivity contribution in [1.29, 1.82) is 0 Å². The van der Waals surface area contributed by atoms with Crippen molar-refractivity contribution < 1.29 is 10.1 Å². The normalized spacial score (nSPS) is 11.4. The highest BCUT2D eigenvalue weighted by molar-refractivity contribution is 6.01. The van der Waals surface area contributed by atoms with Gasteiger partial charge in [-0.25, -0.2) is 0 Å². The van der Waals surface area contributed by atoms with Crippen LogP contribution in [-0.4, -0.2) is 22.4 Å². The van der Waals surface area contributed by atoms with Crippen LogP contribution >= 0.6 is 0 Å². The van der Waals surface area contributed by atoms with Gasteiger partial charge in [-0.1, -0.05) is 35.0 Å². The summed E-state index contributed by atoms with van der Waals surface area (Å²) in [5.74, 6) is 0. The molecule has 0 fully saturated rings. The summed E-state index contributed by atoms with van der Waals surface area (Å²) >= 11 is 0. The summed E-state index contributed by atoms with van der Waals surface area (Å²) in [6.45, 7) is 1.44. The zero-order valence-corrected chi connectivity index (χ0v) is 7.67. The van der Waals surface area contributed by atoms with Gasteiger partial charge in [0.2, 0.25) is 6.54 Å². The molecule has 0 aliphatic rings. The van der Waals surface area contributed by atoms with Crippen molar-refractivity contribution in [2.75, 3.05) is 6.54 Å². The van der Waals surface area contributed by atoms with Crippen LogP contribution in [0.1, 0.15) is 11.1 Å². The Morgan fingerprint density at radius 1 is 1.50 bits per heavy atom. The summed E-state index contributed by atoms with van der Waals surface area (Å²) in [6, 6.07) is 6.99. The molecule has 0 aliphatic carbocycles. The number of hydrogen-bond acceptors (Lipinski definition) is 4. The maximum Gasteiger partial charge on any atom is 0.249 e. The maximum atomic E-state index is 10.2. The first-order valence-electron chi connectivity index (χ1n) is 4.03. The second kappa shape index (κ2) is 4.36. The predicted octanol–water partition coefficient (Wildman–Crippen LogP) is 1.45. The van der Waals surface area contributed by atoms with Gasteiger partial charge in [0.25, 0.3) is 0 Å². The highest BCUT2D eigenvalue weighted by Gasteiger charge is 2.10. The molecular weight excluding hydrogens is 184 g/mol. The molecule has 0 bridgehead atoms. The fourth-order valence-electron chi connectivity index (χ4n) is 1.05. The maximum absolute atomic E-state index is 10.2. The van der Waals surface area contributed by atoms with Gasteiger partial charge in [-0.3, -0.25) is 10.1 Å². The first kappa shape index (κ1) is 10.2. The van der Waals surface area contributed by atoms with E-state index in [1.807, 2.05) is 6.92 Å². The molecule has 0 spiro atoms. The standard InChI is InChI=1S/C9H10N2O3/c1-7-2-4-8(5-3-7)9(10-12)6-11(13)14/h2-5,12H,6H2,1H3/b10-9-. The van der Waals surface area contributed by atoms with E-state index < -0.39 is 11.5 Å². The van der Waals surface area contributed by atoms with Crippen LogP contribution in [0.3, 0.4) is 0 Å². The van der Waals surface area contributed by atoms with Gasteiger partial charge in [0.15, 0.2) is 5.71 Å². The molecule has 1 aromatic rings. The van der Waals surface area contributed by atoms with E-state index in [2.05, 4.69) is 5.16 Å². The average Bonchev–Trinajstić information content (AvgIpc) is 2.15. The van der Waals surface area contributed by atoms with Crippen LogP contribution in [-0.2, 0) is 0 Å². The van der Waals surface area contributed by atoms with Crippen molar-refractivity contribution >= 4 is 5.71 Å². The van der Waals surface area contributed by atoms with Gasteiger partial charge in [-0.15, -0.1) is 0 Å². The van der Waals surface area contributed by atoms with Gasteiger partial charge in [0, 0.05) is 10.5 Å². The summed E-state index contributed by atoms with van der Waals surface area (Å²) in [5, 5.41) is 21.7. The van der Waals surface area contributed by atoms with E-state index >= 15 is 0 Å². The van der Waals surface area contributed by atoms with Gasteiger partial charge in [-0.05, 0) is 6.92 Å². The second-order valence-electron chi connectivity index (χ2n) is 2.90. The Labute approximate surface area is 80.8 Å². The monoisotopic (exact) mass is 194 g/mol. The largest absolute Gasteiger partial charge is 0.410 e. The topological polar surface area (TPSA) is 75.7 Å². The third-order valence-electron chi connectivity index (χ3n) is 1.78. The summed E-state index contributed by atoms with van der Waals surface area (Å²) in [7, 11) is 0. The fraction of sp³-hybridized carbons (Fsp3) is 0.222. The molecule has 0 atom stereocenters. The van der Waals surface area contributed by atoms with Crippen LogP contribution in [0, 0.1) is 17.0 Å². The van der Waals surface area contributed by atoms with E-state index in [-0.39, 0.29) is 5.71 Å². The molecule has 1 N–H and O–H groups in total. The van der Waals surface area contributed by atoms with Crippen molar-refractivity contribution in [2.24, 2.45) is 5.16 Å². The number of nitrogens with zero attached hydrogens (tertiary/aromatic N) is 2. The molecule has 0 saturated heterocycles. The van der Waals surface area contributed by atoms with Crippen molar-refractivity contribution in [3.63, 3.8) is 0 Å². The Kier molecular flexibility index (Phi) is 3.17. The summed E-state index contributed by atoms with van der Waals surface area (Å²) < 4.78 is 0. The van der Waals surface area contributed by atoms with Crippen molar-refractivity contribution in [1.82, 2.24) is 0 Å². The molecule has 0 amide bonds. The number of aryl methyl sites for hydroxylation is 1. The first-order chi connectivity index (χ1) is 6.63. The number of oxime groups is 1. The molecule has 0 aromatic heterocycles. The van der Waals surface area contributed by atoms with Gasteiger partial charge >= 0.3 is 0 Å². The zero-order chi connectivity index (χ0) is 10.6. The second-order valence-corrected chi connectivity index (χ2v) is 2.90. The van der Waals surface area contributed by atoms with Gasteiger partial charge < -0.3 is 5.21 Å². The lowest BCUT2D eigenvalue weighted by Gasteiger charge is -2.00. The summed E-state index contributed by atoms with van der Waals surface area (Å²) in [4.78, 5) is 9.69. The van der Waals surface area contributed by atoms with Crippen molar-refractivity contribution in [2.45, 2.75) is 6.92 Å². The minimum Gasteiger partial charge on any atom is -0.410 e. The molecule has 0 unspecified atom stereocenters. The molecule has 0 heterocycles. The zero-order valence-electron chi connectivity index (χ0n) is 7.67. The molecule has 0 aliphatic heterocycles. The SMILES string of the molecule is Cc1ccc(/C(C[N+](=O)[O-])=N\O)cc1. The quantitative estimate of drug-likeness (QED) is 0.342. The fourth-order valence-corrected chi connectivity index (χ4v) is 1.05. The van der Waals surface area contributed by atoms with Crippen LogP contribution < -0.4 is 0 Å². The molecule has 14 heavy (non-hydrogen) atoms. The number of rotatable bonds is 3. The summed E-state index contributed by atoms with van der Waals surface area (Å²) in [6.07, 6.45) is 0. The Morgan fingerprint density at radius 3 is 2.50 bits per heavy atom. The predicted molar refractivity (Wildman–Crippen MR) is 51.4 cm³/mol. The lowest BCUT2D eigenvalue weighted by atomic mass is 10.1. The van der Waals surface area contributed by atoms with Crippen LogP contribution in [0.5, 0.6) is 0 Å². The molecular formula is C9H10N2O3. The van der Waals surface area contributed by atoms with Crippen LogP contribution in [0.15, 0.2) is 29.4 Å². The molecule has 5 heteroatoms. The van der Waals surface area contributed by atoms with E-state index in [0.717, 1.165) is 5.56 Å². The highest BCUT2D eigenvalue weighted by atomic mass is 16.6. The number of benzene rings is 1. The van der Waals surface area contributed by atoms with E-state index in [1.54, 1.807) is 24.3 Å². The minimum atomic E-state index is -0.533. The molecule has 74 valence electrons. The van der Waals surface area contributed by atoms with Crippen molar-refractivity contribution in [3.8, 4) is 0 Å². The molecule has 5 nitrogen and oxygen atoms in total. The van der Waals surface area contributed by atoms with E-state index in [4.69, 9.17) is 5.21 Å². The number of hydrogen-bond donors (Lipinski definition) is 1. The number of nitro groups is 1. The third kappa shape index (κ3) is 2.55. The third-order valence-corrected chi connectivity index (χ3v) is 1.78. The van der Waals surface area contributed by atoms with E-state index in [0.29, 0.717) is 5.56 Å². The Bertz CT molecular complexity index is 357. The van der Waals surface area contributed by atoms with Gasteiger partial charge in [0.1, 0.15) is 0 Å². The van der Waals surface area contributed by atoms with Gasteiger partial charge in [0.05, 0.1) is 0 Å². The molecule has 1 rings (SSSR count).